The van der Waals surface area contributed by atoms with Crippen molar-refractivity contribution in [1.82, 2.24) is 9.47 Å². The molecule has 148 valence electrons. The first-order chi connectivity index (χ1) is 13.5. The molecule has 0 atom stereocenters. The molecular formula is C21H25N3O3S. The van der Waals surface area contributed by atoms with Crippen molar-refractivity contribution in [3.05, 3.63) is 69.1 Å². The van der Waals surface area contributed by atoms with Crippen LogP contribution in [0.25, 0.3) is 0 Å². The molecule has 1 aromatic heterocycles. The quantitative estimate of drug-likeness (QED) is 0.770. The summed E-state index contributed by atoms with van der Waals surface area (Å²) in [6.07, 6.45) is 5.42. The van der Waals surface area contributed by atoms with E-state index < -0.39 is 5.91 Å². The number of nitrogens with two attached hydrogens (primary N) is 1. The van der Waals surface area contributed by atoms with Crippen LogP contribution in [0.1, 0.15) is 33.5 Å². The van der Waals surface area contributed by atoms with Gasteiger partial charge in [-0.25, -0.2) is 0 Å². The van der Waals surface area contributed by atoms with Crippen LogP contribution < -0.4 is 11.3 Å². The second-order valence-electron chi connectivity index (χ2n) is 6.91. The normalized spacial score (nSPS) is 13.2. The predicted molar refractivity (Wildman–Crippen MR) is 111 cm³/mol. The molecule has 1 aromatic carbocycles. The Morgan fingerprint density at radius 2 is 1.96 bits per heavy atom. The van der Waals surface area contributed by atoms with E-state index in [1.54, 1.807) is 27.4 Å². The Bertz CT molecular complexity index is 924. The van der Waals surface area contributed by atoms with Gasteiger partial charge in [0, 0.05) is 38.0 Å². The van der Waals surface area contributed by atoms with Crippen molar-refractivity contribution < 1.29 is 9.59 Å². The van der Waals surface area contributed by atoms with E-state index in [4.69, 9.17) is 5.73 Å². The summed E-state index contributed by atoms with van der Waals surface area (Å²) in [5.74, 6) is 0.186. The Morgan fingerprint density at radius 1 is 1.21 bits per heavy atom. The molecule has 0 saturated carbocycles. The van der Waals surface area contributed by atoms with Gasteiger partial charge in [-0.15, -0.1) is 0 Å². The summed E-state index contributed by atoms with van der Waals surface area (Å²) in [4.78, 5) is 39.0. The summed E-state index contributed by atoms with van der Waals surface area (Å²) in [6, 6.07) is 9.87. The molecule has 0 bridgehead atoms. The van der Waals surface area contributed by atoms with Crippen LogP contribution in [-0.4, -0.2) is 39.8 Å². The number of aryl methyl sites for hydroxylation is 2. The summed E-state index contributed by atoms with van der Waals surface area (Å²) < 4.78 is 1.56. The number of pyridine rings is 1. The van der Waals surface area contributed by atoms with Crippen LogP contribution >= 0.6 is 11.8 Å². The highest BCUT2D eigenvalue weighted by Crippen LogP contribution is 2.21. The summed E-state index contributed by atoms with van der Waals surface area (Å²) >= 11 is 1.64. The molecule has 2 heterocycles. The van der Waals surface area contributed by atoms with Gasteiger partial charge >= 0.3 is 0 Å². The number of thioether (sulfide) groups is 1. The summed E-state index contributed by atoms with van der Waals surface area (Å²) in [7, 11) is 0. The highest BCUT2D eigenvalue weighted by molar-refractivity contribution is 7.98. The molecule has 0 fully saturated rings. The summed E-state index contributed by atoms with van der Waals surface area (Å²) in [6.45, 7) is 1.37. The zero-order valence-corrected chi connectivity index (χ0v) is 16.8. The van der Waals surface area contributed by atoms with E-state index in [0.717, 1.165) is 16.9 Å². The fourth-order valence-electron chi connectivity index (χ4n) is 3.59. The van der Waals surface area contributed by atoms with E-state index in [0.29, 0.717) is 44.5 Å². The van der Waals surface area contributed by atoms with Gasteiger partial charge in [0.1, 0.15) is 5.56 Å². The fourth-order valence-corrected chi connectivity index (χ4v) is 3.96. The molecule has 0 aliphatic carbocycles. The lowest BCUT2D eigenvalue weighted by molar-refractivity contribution is -0.131. The molecule has 2 aromatic rings. The standard InChI is InChI=1S/C21H25N3O3S/c1-28-12-9-18(25)23-11-8-17-16(13-23)14-24(21(27)19(17)20(22)26)10-7-15-5-3-2-4-6-15/h2-6,14H,7-13H2,1H3,(H2,22,26). The molecule has 0 radical (unpaired) electrons. The molecule has 1 aliphatic rings. The Hall–Kier alpha value is -2.54. The van der Waals surface area contributed by atoms with Crippen LogP contribution in [0.3, 0.4) is 0 Å². The van der Waals surface area contributed by atoms with E-state index in [1.807, 2.05) is 36.6 Å². The first kappa shape index (κ1) is 20.2. The Balaban J connectivity index is 1.88. The maximum absolute atomic E-state index is 12.8. The van der Waals surface area contributed by atoms with Gasteiger partial charge in [0.25, 0.3) is 11.5 Å². The first-order valence-corrected chi connectivity index (χ1v) is 10.8. The number of fused-ring (bicyclic) bond motifs is 1. The maximum Gasteiger partial charge on any atom is 0.263 e. The molecule has 6 nitrogen and oxygen atoms in total. The number of aromatic nitrogens is 1. The molecule has 1 aliphatic heterocycles. The van der Waals surface area contributed by atoms with Gasteiger partial charge in [-0.3, -0.25) is 14.4 Å². The average Bonchev–Trinajstić information content (AvgIpc) is 2.70. The van der Waals surface area contributed by atoms with Crippen molar-refractivity contribution in [2.45, 2.75) is 32.4 Å². The number of benzene rings is 1. The Kier molecular flexibility index (Phi) is 6.57. The number of hydrogen-bond acceptors (Lipinski definition) is 4. The Labute approximate surface area is 168 Å². The number of hydrogen-bond donors (Lipinski definition) is 1. The van der Waals surface area contributed by atoms with E-state index in [9.17, 15) is 14.4 Å². The van der Waals surface area contributed by atoms with Gasteiger partial charge in [0.05, 0.1) is 0 Å². The Morgan fingerprint density at radius 3 is 2.64 bits per heavy atom. The minimum absolute atomic E-state index is 0.0711. The van der Waals surface area contributed by atoms with Gasteiger partial charge < -0.3 is 15.2 Å². The number of nitrogens with zero attached hydrogens (tertiary/aromatic N) is 2. The van der Waals surface area contributed by atoms with Crippen molar-refractivity contribution in [3.8, 4) is 0 Å². The minimum Gasteiger partial charge on any atom is -0.365 e. The zero-order chi connectivity index (χ0) is 20.1. The molecule has 2 N–H and O–H groups in total. The van der Waals surface area contributed by atoms with Crippen LogP contribution in [0.2, 0.25) is 0 Å². The summed E-state index contributed by atoms with van der Waals surface area (Å²) in [5.41, 5.74) is 7.91. The molecule has 0 spiro atoms. The lowest BCUT2D eigenvalue weighted by Crippen LogP contribution is -2.40. The predicted octanol–water partition coefficient (Wildman–Crippen LogP) is 1.83. The minimum atomic E-state index is -0.697. The third-order valence-corrected chi connectivity index (χ3v) is 5.68. The molecular weight excluding hydrogens is 374 g/mol. The first-order valence-electron chi connectivity index (χ1n) is 9.37. The second-order valence-corrected chi connectivity index (χ2v) is 7.90. The highest BCUT2D eigenvalue weighted by atomic mass is 32.2. The van der Waals surface area contributed by atoms with Crippen LogP contribution in [0.15, 0.2) is 41.3 Å². The second kappa shape index (κ2) is 9.10. The number of carbonyl (C=O) groups is 2. The lowest BCUT2D eigenvalue weighted by Gasteiger charge is -2.30. The zero-order valence-electron chi connectivity index (χ0n) is 16.0. The molecule has 28 heavy (non-hydrogen) atoms. The van der Waals surface area contributed by atoms with Gasteiger partial charge in [-0.05, 0) is 35.8 Å². The lowest BCUT2D eigenvalue weighted by atomic mass is 9.96. The van der Waals surface area contributed by atoms with Crippen LogP contribution in [0, 0.1) is 0 Å². The molecule has 3 rings (SSSR count). The number of carbonyl (C=O) groups excluding carboxylic acids is 2. The van der Waals surface area contributed by atoms with Gasteiger partial charge in [-0.1, -0.05) is 30.3 Å². The van der Waals surface area contributed by atoms with Crippen LogP contribution in [0.4, 0.5) is 0 Å². The van der Waals surface area contributed by atoms with Gasteiger partial charge in [0.15, 0.2) is 0 Å². The highest BCUT2D eigenvalue weighted by Gasteiger charge is 2.26. The van der Waals surface area contributed by atoms with Crippen LogP contribution in [-0.2, 0) is 30.7 Å². The number of amides is 2. The topological polar surface area (TPSA) is 85.4 Å². The van der Waals surface area contributed by atoms with Crippen molar-refractivity contribution in [1.29, 1.82) is 0 Å². The van der Waals surface area contributed by atoms with Crippen molar-refractivity contribution in [3.63, 3.8) is 0 Å². The SMILES string of the molecule is CSCCC(=O)N1CCc2c(cn(CCc3ccccc3)c(=O)c2C(N)=O)C1. The van der Waals surface area contributed by atoms with Crippen molar-refractivity contribution >= 4 is 23.6 Å². The molecule has 2 amide bonds. The summed E-state index contributed by atoms with van der Waals surface area (Å²) in [5, 5.41) is 0. The van der Waals surface area contributed by atoms with E-state index in [-0.39, 0.29) is 17.0 Å². The average molecular weight is 400 g/mol. The number of primary amides is 1. The van der Waals surface area contributed by atoms with E-state index in [1.165, 1.54) is 0 Å². The largest absolute Gasteiger partial charge is 0.365 e. The molecule has 0 saturated heterocycles. The van der Waals surface area contributed by atoms with Gasteiger partial charge in [-0.2, -0.15) is 11.8 Å². The maximum atomic E-state index is 12.8. The van der Waals surface area contributed by atoms with Crippen molar-refractivity contribution in [2.24, 2.45) is 5.73 Å². The monoisotopic (exact) mass is 399 g/mol. The fraction of sp³-hybridized carbons (Fsp3) is 0.381. The third kappa shape index (κ3) is 4.47. The number of rotatable bonds is 7. The molecule has 7 heteroatoms. The molecule has 0 unspecified atom stereocenters. The van der Waals surface area contributed by atoms with Crippen LogP contribution in [0.5, 0.6) is 0 Å². The van der Waals surface area contributed by atoms with Crippen molar-refractivity contribution in [2.75, 3.05) is 18.6 Å². The van der Waals surface area contributed by atoms with E-state index in [2.05, 4.69) is 0 Å². The van der Waals surface area contributed by atoms with Gasteiger partial charge in [0.2, 0.25) is 5.91 Å². The third-order valence-electron chi connectivity index (χ3n) is 5.07. The smallest absolute Gasteiger partial charge is 0.263 e. The van der Waals surface area contributed by atoms with E-state index >= 15 is 0 Å².